The first-order valence-electron chi connectivity index (χ1n) is 2.96. The molecule has 0 aromatic rings. The maximum atomic E-state index is 9.89. The van der Waals surface area contributed by atoms with Crippen molar-refractivity contribution in [3.05, 3.63) is 36.5 Å². The molecule has 0 aromatic heterocycles. The zero-order valence-electron chi connectivity index (χ0n) is 5.82. The smallest absolute Gasteiger partial charge is 0.328 e. The van der Waals surface area contributed by atoms with Gasteiger partial charge in [0.15, 0.2) is 0 Å². The van der Waals surface area contributed by atoms with Gasteiger partial charge in [-0.15, -0.1) is 0 Å². The fraction of sp³-hybridized carbons (Fsp3) is 0.125. The van der Waals surface area contributed by atoms with Crippen molar-refractivity contribution in [2.75, 3.05) is 0 Å². The van der Waals surface area contributed by atoms with Gasteiger partial charge in [0, 0.05) is 6.08 Å². The molecular weight excluding hydrogens is 128 g/mol. The molecule has 0 aliphatic heterocycles. The first-order valence-corrected chi connectivity index (χ1v) is 2.96. The third-order valence-corrected chi connectivity index (χ3v) is 0.765. The zero-order valence-corrected chi connectivity index (χ0v) is 5.82. The lowest BCUT2D eigenvalue weighted by molar-refractivity contribution is -0.131. The van der Waals surface area contributed by atoms with Gasteiger partial charge in [-0.1, -0.05) is 30.4 Å². The number of carboxylic acid groups (broad SMARTS) is 1. The van der Waals surface area contributed by atoms with E-state index < -0.39 is 5.97 Å². The quantitative estimate of drug-likeness (QED) is 0.476. The van der Waals surface area contributed by atoms with Crippen LogP contribution in [0, 0.1) is 0 Å². The second-order valence-corrected chi connectivity index (χ2v) is 1.61. The number of carbonyl (C=O) groups is 1. The molecule has 0 radical (unpaired) electrons. The second-order valence-electron chi connectivity index (χ2n) is 1.61. The van der Waals surface area contributed by atoms with Gasteiger partial charge in [0.05, 0.1) is 0 Å². The van der Waals surface area contributed by atoms with Gasteiger partial charge < -0.3 is 5.11 Å². The summed E-state index contributed by atoms with van der Waals surface area (Å²) in [6.45, 7) is 1.89. The number of aliphatic carboxylic acids is 1. The number of hydrogen-bond donors (Lipinski definition) is 1. The van der Waals surface area contributed by atoms with E-state index in [1.54, 1.807) is 12.2 Å². The lowest BCUT2D eigenvalue weighted by Crippen LogP contribution is -1.84. The van der Waals surface area contributed by atoms with Gasteiger partial charge in [-0.05, 0) is 6.92 Å². The summed E-state index contributed by atoms with van der Waals surface area (Å²) in [6, 6.07) is 0. The largest absolute Gasteiger partial charge is 0.478 e. The SMILES string of the molecule is CC=CC=C/C=C/C(=O)O. The third-order valence-electron chi connectivity index (χ3n) is 0.765. The Bertz CT molecular complexity index is 176. The molecule has 10 heavy (non-hydrogen) atoms. The van der Waals surface area contributed by atoms with E-state index in [9.17, 15) is 4.79 Å². The molecular formula is C8H10O2. The Morgan fingerprint density at radius 3 is 2.30 bits per heavy atom. The summed E-state index contributed by atoms with van der Waals surface area (Å²) >= 11 is 0. The molecule has 1 N–H and O–H groups in total. The maximum Gasteiger partial charge on any atom is 0.328 e. The van der Waals surface area contributed by atoms with Crippen molar-refractivity contribution < 1.29 is 9.90 Å². The minimum atomic E-state index is -0.926. The Hall–Kier alpha value is -1.31. The van der Waals surface area contributed by atoms with Crippen LogP contribution in [0.25, 0.3) is 0 Å². The number of hydrogen-bond acceptors (Lipinski definition) is 1. The van der Waals surface area contributed by atoms with Gasteiger partial charge in [-0.2, -0.15) is 0 Å². The van der Waals surface area contributed by atoms with Crippen molar-refractivity contribution in [2.24, 2.45) is 0 Å². The van der Waals surface area contributed by atoms with E-state index >= 15 is 0 Å². The Kier molecular flexibility index (Phi) is 5.06. The van der Waals surface area contributed by atoms with Crippen molar-refractivity contribution in [3.8, 4) is 0 Å². The monoisotopic (exact) mass is 138 g/mol. The molecule has 0 aliphatic rings. The zero-order chi connectivity index (χ0) is 7.82. The topological polar surface area (TPSA) is 37.3 Å². The summed E-state index contributed by atoms with van der Waals surface area (Å²) in [5, 5.41) is 8.13. The van der Waals surface area contributed by atoms with Crippen LogP contribution in [-0.2, 0) is 4.79 Å². The number of rotatable bonds is 3. The standard InChI is InChI=1S/C8H10O2/c1-2-3-4-5-6-7-8(9)10/h2-7H,1H3,(H,9,10)/b3-2?,5-4?,7-6+. The molecule has 0 spiro atoms. The van der Waals surface area contributed by atoms with Crippen LogP contribution in [0.5, 0.6) is 0 Å². The van der Waals surface area contributed by atoms with E-state index in [0.717, 1.165) is 6.08 Å². The van der Waals surface area contributed by atoms with Crippen LogP contribution in [0.15, 0.2) is 36.5 Å². The Morgan fingerprint density at radius 2 is 1.80 bits per heavy atom. The van der Waals surface area contributed by atoms with Gasteiger partial charge in [-0.3, -0.25) is 0 Å². The summed E-state index contributed by atoms with van der Waals surface area (Å²) in [6.07, 6.45) is 9.67. The molecule has 0 amide bonds. The van der Waals surface area contributed by atoms with Crippen molar-refractivity contribution in [2.45, 2.75) is 6.92 Å². The van der Waals surface area contributed by atoms with Crippen molar-refractivity contribution in [1.29, 1.82) is 0 Å². The number of allylic oxidation sites excluding steroid dienone is 5. The molecule has 54 valence electrons. The molecule has 2 nitrogen and oxygen atoms in total. The van der Waals surface area contributed by atoms with Crippen molar-refractivity contribution in [1.82, 2.24) is 0 Å². The first-order chi connectivity index (χ1) is 4.77. The number of carboxylic acids is 1. The van der Waals surface area contributed by atoms with E-state index in [4.69, 9.17) is 5.11 Å². The molecule has 0 unspecified atom stereocenters. The minimum absolute atomic E-state index is 0.926. The van der Waals surface area contributed by atoms with Gasteiger partial charge in [0.1, 0.15) is 0 Å². The summed E-state index contributed by atoms with van der Waals surface area (Å²) in [5.74, 6) is -0.926. The fourth-order valence-corrected chi connectivity index (χ4v) is 0.377. The van der Waals surface area contributed by atoms with Crippen LogP contribution < -0.4 is 0 Å². The molecule has 0 aliphatic carbocycles. The van der Waals surface area contributed by atoms with Crippen molar-refractivity contribution in [3.63, 3.8) is 0 Å². The molecule has 0 rings (SSSR count). The lowest BCUT2D eigenvalue weighted by Gasteiger charge is -1.73. The second kappa shape index (κ2) is 5.82. The van der Waals surface area contributed by atoms with E-state index in [-0.39, 0.29) is 0 Å². The molecule has 0 aromatic carbocycles. The van der Waals surface area contributed by atoms with Crippen LogP contribution >= 0.6 is 0 Å². The van der Waals surface area contributed by atoms with E-state index in [1.807, 2.05) is 19.1 Å². The van der Waals surface area contributed by atoms with Crippen LogP contribution in [0.3, 0.4) is 0 Å². The van der Waals surface area contributed by atoms with Crippen molar-refractivity contribution >= 4 is 5.97 Å². The first kappa shape index (κ1) is 8.69. The summed E-state index contributed by atoms with van der Waals surface area (Å²) in [4.78, 5) is 9.89. The highest BCUT2D eigenvalue weighted by Crippen LogP contribution is 1.79. The summed E-state index contributed by atoms with van der Waals surface area (Å²) in [7, 11) is 0. The Balaban J connectivity index is 3.62. The highest BCUT2D eigenvalue weighted by molar-refractivity contribution is 5.80. The van der Waals surface area contributed by atoms with E-state index in [0.29, 0.717) is 0 Å². The molecule has 0 bridgehead atoms. The van der Waals surface area contributed by atoms with Crippen LogP contribution in [0.4, 0.5) is 0 Å². The summed E-state index contributed by atoms with van der Waals surface area (Å²) in [5.41, 5.74) is 0. The van der Waals surface area contributed by atoms with E-state index in [1.165, 1.54) is 6.08 Å². The molecule has 0 fully saturated rings. The fourth-order valence-electron chi connectivity index (χ4n) is 0.377. The molecule has 0 saturated heterocycles. The highest BCUT2D eigenvalue weighted by Gasteiger charge is 1.78. The average molecular weight is 138 g/mol. The average Bonchev–Trinajstić information content (AvgIpc) is 1.87. The molecule has 2 heteroatoms. The normalized spacial score (nSPS) is 12.1. The van der Waals surface area contributed by atoms with Crippen LogP contribution in [0.2, 0.25) is 0 Å². The van der Waals surface area contributed by atoms with Crippen LogP contribution in [0.1, 0.15) is 6.92 Å². The minimum Gasteiger partial charge on any atom is -0.478 e. The van der Waals surface area contributed by atoms with Gasteiger partial charge in [0.2, 0.25) is 0 Å². The summed E-state index contributed by atoms with van der Waals surface area (Å²) < 4.78 is 0. The molecule has 0 heterocycles. The Morgan fingerprint density at radius 1 is 1.20 bits per heavy atom. The van der Waals surface area contributed by atoms with Gasteiger partial charge >= 0.3 is 5.97 Å². The lowest BCUT2D eigenvalue weighted by atomic mass is 10.4. The van der Waals surface area contributed by atoms with Gasteiger partial charge in [0.25, 0.3) is 0 Å². The van der Waals surface area contributed by atoms with E-state index in [2.05, 4.69) is 0 Å². The predicted molar refractivity (Wildman–Crippen MR) is 40.7 cm³/mol. The molecule has 0 atom stereocenters. The third kappa shape index (κ3) is 6.69. The highest BCUT2D eigenvalue weighted by atomic mass is 16.4. The van der Waals surface area contributed by atoms with Gasteiger partial charge in [-0.25, -0.2) is 4.79 Å². The Labute approximate surface area is 60.2 Å². The van der Waals surface area contributed by atoms with Crippen LogP contribution in [-0.4, -0.2) is 11.1 Å². The predicted octanol–water partition coefficient (Wildman–Crippen LogP) is 1.76. The molecule has 0 saturated carbocycles. The maximum absolute atomic E-state index is 9.89.